The van der Waals surface area contributed by atoms with Gasteiger partial charge in [-0.1, -0.05) is 32.0 Å². The number of carbonyl (C=O) groups excluding carboxylic acids is 1. The van der Waals surface area contributed by atoms with Gasteiger partial charge in [0.25, 0.3) is 0 Å². The molecule has 5 nitrogen and oxygen atoms in total. The maximum absolute atomic E-state index is 12.8. The summed E-state index contributed by atoms with van der Waals surface area (Å²) < 4.78 is 5.69. The summed E-state index contributed by atoms with van der Waals surface area (Å²) in [7, 11) is 0. The number of carbonyl (C=O) groups is 1. The molecule has 4 rings (SSSR count). The van der Waals surface area contributed by atoms with E-state index in [0.717, 1.165) is 30.5 Å². The van der Waals surface area contributed by atoms with Crippen LogP contribution in [0.15, 0.2) is 36.9 Å². The molecule has 1 amide bonds. The van der Waals surface area contributed by atoms with E-state index in [1.807, 2.05) is 38.1 Å². The summed E-state index contributed by atoms with van der Waals surface area (Å²) in [5.41, 5.74) is 4.50. The van der Waals surface area contributed by atoms with Gasteiger partial charge in [-0.05, 0) is 61.6 Å². The Hall–Kier alpha value is -2.43. The summed E-state index contributed by atoms with van der Waals surface area (Å²) in [5, 5.41) is 0. The number of rotatable bonds is 1. The summed E-state index contributed by atoms with van der Waals surface area (Å²) in [6.07, 6.45) is 6.90. The van der Waals surface area contributed by atoms with Gasteiger partial charge in [-0.2, -0.15) is 0 Å². The zero-order chi connectivity index (χ0) is 20.1. The van der Waals surface area contributed by atoms with E-state index in [1.54, 1.807) is 6.33 Å². The number of fused-ring (bicyclic) bond motifs is 4. The third-order valence-corrected chi connectivity index (χ3v) is 6.53. The van der Waals surface area contributed by atoms with Gasteiger partial charge in [0, 0.05) is 30.5 Å². The van der Waals surface area contributed by atoms with Crippen LogP contribution in [0.1, 0.15) is 52.2 Å². The Morgan fingerprint density at radius 1 is 1.21 bits per heavy atom. The van der Waals surface area contributed by atoms with Gasteiger partial charge in [-0.3, -0.25) is 0 Å². The molecule has 5 heteroatoms. The molecule has 1 saturated heterocycles. The van der Waals surface area contributed by atoms with Crippen LogP contribution in [0.25, 0.3) is 11.1 Å². The van der Waals surface area contributed by atoms with Gasteiger partial charge in [0.2, 0.25) is 0 Å². The maximum atomic E-state index is 12.8. The Morgan fingerprint density at radius 2 is 1.93 bits per heavy atom. The molecule has 2 bridgehead atoms. The normalized spacial score (nSPS) is 26.5. The fourth-order valence-corrected chi connectivity index (χ4v) is 4.79. The Morgan fingerprint density at radius 3 is 2.61 bits per heavy atom. The third-order valence-electron chi connectivity index (χ3n) is 6.53. The second-order valence-electron chi connectivity index (χ2n) is 9.40. The summed E-state index contributed by atoms with van der Waals surface area (Å²) in [6.45, 7) is 11.1. The van der Waals surface area contributed by atoms with Crippen molar-refractivity contribution in [2.75, 3.05) is 6.54 Å². The highest BCUT2D eigenvalue weighted by atomic mass is 16.6. The first-order valence-electron chi connectivity index (χ1n) is 10.1. The van der Waals surface area contributed by atoms with Crippen LogP contribution in [-0.4, -0.2) is 39.1 Å². The number of nitrogens with zero attached hydrogens (tertiary/aromatic N) is 3. The van der Waals surface area contributed by atoms with E-state index in [2.05, 4.69) is 42.0 Å². The number of aromatic nitrogens is 2. The van der Waals surface area contributed by atoms with Crippen LogP contribution in [-0.2, 0) is 16.6 Å². The van der Waals surface area contributed by atoms with Gasteiger partial charge in [-0.15, -0.1) is 0 Å². The summed E-state index contributed by atoms with van der Waals surface area (Å²) in [5.74, 6) is 0.364. The van der Waals surface area contributed by atoms with Crippen LogP contribution in [0.2, 0.25) is 0 Å². The number of ether oxygens (including phenoxy) is 1. The number of hydrogen-bond acceptors (Lipinski definition) is 4. The van der Waals surface area contributed by atoms with Gasteiger partial charge < -0.3 is 9.64 Å². The van der Waals surface area contributed by atoms with E-state index in [0.29, 0.717) is 5.92 Å². The molecule has 1 aromatic carbocycles. The van der Waals surface area contributed by atoms with Gasteiger partial charge in [-0.25, -0.2) is 14.8 Å². The lowest BCUT2D eigenvalue weighted by Crippen LogP contribution is -2.60. The molecule has 0 radical (unpaired) electrons. The molecule has 2 heterocycles. The zero-order valence-electron chi connectivity index (χ0n) is 17.4. The lowest BCUT2D eigenvalue weighted by atomic mass is 9.59. The van der Waals surface area contributed by atoms with Crippen LogP contribution < -0.4 is 0 Å². The molecule has 1 aliphatic carbocycles. The SMILES string of the molecule is CC1C2Cc3ccc(-c4cncnc4)cc3[C@]1(C)CCN2C(=O)OC(C)(C)C. The predicted octanol–water partition coefficient (Wildman–Crippen LogP) is 4.60. The Labute approximate surface area is 167 Å². The van der Waals surface area contributed by atoms with E-state index in [1.165, 1.54) is 11.1 Å². The monoisotopic (exact) mass is 379 g/mol. The fraction of sp³-hybridized carbons (Fsp3) is 0.522. The smallest absolute Gasteiger partial charge is 0.410 e. The van der Waals surface area contributed by atoms with Gasteiger partial charge in [0.1, 0.15) is 11.9 Å². The highest BCUT2D eigenvalue weighted by Gasteiger charge is 2.50. The lowest BCUT2D eigenvalue weighted by Gasteiger charge is -2.54. The summed E-state index contributed by atoms with van der Waals surface area (Å²) >= 11 is 0. The molecular weight excluding hydrogens is 350 g/mol. The Kier molecular flexibility index (Phi) is 4.44. The maximum Gasteiger partial charge on any atom is 0.410 e. The Bertz CT molecular complexity index is 890. The van der Waals surface area contributed by atoms with Crippen LogP contribution in [0.5, 0.6) is 0 Å². The quantitative estimate of drug-likeness (QED) is 0.726. The van der Waals surface area contributed by atoms with Crippen molar-refractivity contribution in [3.05, 3.63) is 48.0 Å². The standard InChI is InChI=1S/C23H29N3O2/c1-15-20-11-17-7-6-16(18-12-24-14-25-13-18)10-19(17)23(15,5)8-9-26(20)21(27)28-22(2,3)4/h6-7,10,12-15,20H,8-9,11H2,1-5H3/t15?,20?,23-/m1/s1. The van der Waals surface area contributed by atoms with E-state index in [4.69, 9.17) is 4.74 Å². The highest BCUT2D eigenvalue weighted by molar-refractivity contribution is 5.70. The predicted molar refractivity (Wildman–Crippen MR) is 109 cm³/mol. The third kappa shape index (κ3) is 3.17. The van der Waals surface area contributed by atoms with Gasteiger partial charge in [0.05, 0.1) is 0 Å². The molecule has 2 aliphatic rings. The molecule has 2 unspecified atom stereocenters. The minimum Gasteiger partial charge on any atom is -0.444 e. The van der Waals surface area contributed by atoms with Crippen LogP contribution in [0.4, 0.5) is 4.79 Å². The van der Waals surface area contributed by atoms with E-state index in [-0.39, 0.29) is 17.6 Å². The van der Waals surface area contributed by atoms with Crippen molar-refractivity contribution >= 4 is 6.09 Å². The number of amides is 1. The molecule has 0 N–H and O–H groups in total. The first kappa shape index (κ1) is 18.9. The number of piperidine rings is 1. The van der Waals surface area contributed by atoms with E-state index < -0.39 is 5.60 Å². The molecule has 3 atom stereocenters. The van der Waals surface area contributed by atoms with Crippen molar-refractivity contribution in [2.45, 2.75) is 64.5 Å². The van der Waals surface area contributed by atoms with E-state index >= 15 is 0 Å². The topological polar surface area (TPSA) is 55.3 Å². The largest absolute Gasteiger partial charge is 0.444 e. The molecule has 1 fully saturated rings. The van der Waals surface area contributed by atoms with Gasteiger partial charge >= 0.3 is 6.09 Å². The summed E-state index contributed by atoms with van der Waals surface area (Å²) in [4.78, 5) is 23.1. The first-order valence-corrected chi connectivity index (χ1v) is 10.1. The molecule has 148 valence electrons. The van der Waals surface area contributed by atoms with Crippen molar-refractivity contribution in [3.8, 4) is 11.1 Å². The fourth-order valence-electron chi connectivity index (χ4n) is 4.79. The van der Waals surface area contributed by atoms with Crippen LogP contribution in [0.3, 0.4) is 0 Å². The second-order valence-corrected chi connectivity index (χ2v) is 9.40. The molecule has 2 aromatic rings. The molecule has 28 heavy (non-hydrogen) atoms. The van der Waals surface area contributed by atoms with Gasteiger partial charge in [0.15, 0.2) is 0 Å². The summed E-state index contributed by atoms with van der Waals surface area (Å²) in [6, 6.07) is 6.84. The highest BCUT2D eigenvalue weighted by Crippen LogP contribution is 2.49. The molecular formula is C23H29N3O2. The van der Waals surface area contributed by atoms with Crippen molar-refractivity contribution in [1.82, 2.24) is 14.9 Å². The second kappa shape index (κ2) is 6.57. The van der Waals surface area contributed by atoms with Crippen molar-refractivity contribution in [2.24, 2.45) is 5.92 Å². The zero-order valence-corrected chi connectivity index (χ0v) is 17.4. The Balaban J connectivity index is 1.69. The minimum absolute atomic E-state index is 0.0441. The lowest BCUT2D eigenvalue weighted by molar-refractivity contribution is -0.0164. The number of benzene rings is 1. The number of hydrogen-bond donors (Lipinski definition) is 0. The average Bonchev–Trinajstić information content (AvgIpc) is 2.63. The molecule has 0 spiro atoms. The van der Waals surface area contributed by atoms with Crippen LogP contribution in [0, 0.1) is 5.92 Å². The molecule has 1 aromatic heterocycles. The minimum atomic E-state index is -0.472. The van der Waals surface area contributed by atoms with E-state index in [9.17, 15) is 4.79 Å². The van der Waals surface area contributed by atoms with Crippen molar-refractivity contribution in [3.63, 3.8) is 0 Å². The average molecular weight is 380 g/mol. The van der Waals surface area contributed by atoms with Crippen molar-refractivity contribution < 1.29 is 9.53 Å². The first-order chi connectivity index (χ1) is 13.2. The molecule has 0 saturated carbocycles. The van der Waals surface area contributed by atoms with Crippen LogP contribution >= 0.6 is 0 Å². The molecule has 1 aliphatic heterocycles. The van der Waals surface area contributed by atoms with Crippen molar-refractivity contribution in [1.29, 1.82) is 0 Å². The number of likely N-dealkylation sites (tertiary alicyclic amines) is 1.